The molecule has 1 aromatic carbocycles. The molecule has 2 rings (SSSR count). The highest BCUT2D eigenvalue weighted by Crippen LogP contribution is 2.17. The Morgan fingerprint density at radius 2 is 2.12 bits per heavy atom. The lowest BCUT2D eigenvalue weighted by Gasteiger charge is -2.10. The molecule has 0 N–H and O–H groups in total. The van der Waals surface area contributed by atoms with Crippen molar-refractivity contribution in [2.75, 3.05) is 20.6 Å². The van der Waals surface area contributed by atoms with Crippen LogP contribution in [0.5, 0.6) is 0 Å². The summed E-state index contributed by atoms with van der Waals surface area (Å²) in [5, 5.41) is 10.1. The van der Waals surface area contributed by atoms with E-state index >= 15 is 0 Å². The molecule has 0 aliphatic heterocycles. The predicted molar refractivity (Wildman–Crippen MR) is 69.8 cm³/mol. The Morgan fingerprint density at radius 3 is 2.82 bits per heavy atom. The van der Waals surface area contributed by atoms with Crippen LogP contribution >= 0.6 is 0 Å². The summed E-state index contributed by atoms with van der Waals surface area (Å²) in [7, 11) is 4.17. The molecule has 3 heteroatoms. The normalized spacial score (nSPS) is 10.9. The maximum absolute atomic E-state index is 8.91. The molecule has 0 spiro atoms. The zero-order chi connectivity index (χ0) is 12.3. The molecule has 0 unspecified atom stereocenters. The van der Waals surface area contributed by atoms with Crippen LogP contribution in [0.3, 0.4) is 0 Å². The van der Waals surface area contributed by atoms with Gasteiger partial charge in [0.1, 0.15) is 0 Å². The monoisotopic (exact) mass is 227 g/mol. The summed E-state index contributed by atoms with van der Waals surface area (Å²) < 4.78 is 2.22. The zero-order valence-electron chi connectivity index (χ0n) is 10.3. The molecule has 3 nitrogen and oxygen atoms in total. The number of rotatable bonds is 4. The van der Waals surface area contributed by atoms with Crippen molar-refractivity contribution in [1.29, 1.82) is 5.26 Å². The van der Waals surface area contributed by atoms with E-state index in [0.717, 1.165) is 30.6 Å². The van der Waals surface area contributed by atoms with E-state index in [2.05, 4.69) is 41.9 Å². The molecule has 88 valence electrons. The summed E-state index contributed by atoms with van der Waals surface area (Å²) in [6.07, 6.45) is 3.22. The van der Waals surface area contributed by atoms with Crippen molar-refractivity contribution in [1.82, 2.24) is 9.47 Å². The maximum Gasteiger partial charge on any atom is 0.0992 e. The molecular weight excluding hydrogens is 210 g/mol. The van der Waals surface area contributed by atoms with Gasteiger partial charge in [-0.1, -0.05) is 6.07 Å². The molecule has 0 amide bonds. The van der Waals surface area contributed by atoms with Crippen molar-refractivity contribution in [3.05, 3.63) is 36.0 Å². The summed E-state index contributed by atoms with van der Waals surface area (Å²) >= 11 is 0. The SMILES string of the molecule is CN(C)CCCn1ccc2ccc(C#N)cc21. The van der Waals surface area contributed by atoms with Crippen LogP contribution in [0.15, 0.2) is 30.5 Å². The molecule has 0 aliphatic rings. The van der Waals surface area contributed by atoms with Crippen LogP contribution < -0.4 is 0 Å². The highest BCUT2D eigenvalue weighted by atomic mass is 15.1. The van der Waals surface area contributed by atoms with Crippen molar-refractivity contribution in [3.63, 3.8) is 0 Å². The molecule has 0 aliphatic carbocycles. The lowest BCUT2D eigenvalue weighted by Crippen LogP contribution is -2.14. The van der Waals surface area contributed by atoms with Crippen LogP contribution in [-0.2, 0) is 6.54 Å². The highest BCUT2D eigenvalue weighted by molar-refractivity contribution is 5.81. The Labute approximate surface area is 102 Å². The average Bonchev–Trinajstić information content (AvgIpc) is 2.71. The molecule has 1 heterocycles. The lowest BCUT2D eigenvalue weighted by atomic mass is 10.2. The van der Waals surface area contributed by atoms with Crippen molar-refractivity contribution < 1.29 is 0 Å². The van der Waals surface area contributed by atoms with Gasteiger partial charge < -0.3 is 9.47 Å². The third-order valence-electron chi connectivity index (χ3n) is 2.91. The summed E-state index contributed by atoms with van der Waals surface area (Å²) in [5.74, 6) is 0. The van der Waals surface area contributed by atoms with Gasteiger partial charge in [-0.2, -0.15) is 5.26 Å². The summed E-state index contributed by atoms with van der Waals surface area (Å²) in [6.45, 7) is 2.08. The second kappa shape index (κ2) is 5.03. The molecule has 0 bridgehead atoms. The minimum atomic E-state index is 0.727. The van der Waals surface area contributed by atoms with E-state index in [-0.39, 0.29) is 0 Å². The Bertz CT molecular complexity index is 546. The molecule has 0 atom stereocenters. The topological polar surface area (TPSA) is 32.0 Å². The van der Waals surface area contributed by atoms with Gasteiger partial charge in [-0.05, 0) is 50.6 Å². The minimum absolute atomic E-state index is 0.727. The van der Waals surface area contributed by atoms with Crippen molar-refractivity contribution in [3.8, 4) is 6.07 Å². The number of aryl methyl sites for hydroxylation is 1. The number of hydrogen-bond donors (Lipinski definition) is 0. The van der Waals surface area contributed by atoms with Crippen LogP contribution in [0.1, 0.15) is 12.0 Å². The molecule has 0 saturated heterocycles. The Balaban J connectivity index is 2.20. The van der Waals surface area contributed by atoms with Gasteiger partial charge >= 0.3 is 0 Å². The molecule has 0 fully saturated rings. The first-order valence-electron chi connectivity index (χ1n) is 5.84. The number of fused-ring (bicyclic) bond motifs is 1. The van der Waals surface area contributed by atoms with Crippen LogP contribution in [0, 0.1) is 11.3 Å². The molecular formula is C14H17N3. The quantitative estimate of drug-likeness (QED) is 0.803. The highest BCUT2D eigenvalue weighted by Gasteiger charge is 2.02. The van der Waals surface area contributed by atoms with E-state index in [4.69, 9.17) is 5.26 Å². The van der Waals surface area contributed by atoms with Gasteiger partial charge in [-0.25, -0.2) is 0 Å². The largest absolute Gasteiger partial charge is 0.347 e. The summed E-state index contributed by atoms with van der Waals surface area (Å²) in [4.78, 5) is 2.19. The maximum atomic E-state index is 8.91. The first-order chi connectivity index (χ1) is 8.20. The van der Waals surface area contributed by atoms with Crippen LogP contribution in [0.25, 0.3) is 10.9 Å². The fourth-order valence-electron chi connectivity index (χ4n) is 2.01. The Hall–Kier alpha value is -1.79. The van der Waals surface area contributed by atoms with Crippen molar-refractivity contribution in [2.45, 2.75) is 13.0 Å². The standard InChI is InChI=1S/C14H17N3/c1-16(2)7-3-8-17-9-6-13-5-4-12(11-15)10-14(13)17/h4-6,9-10H,3,7-8H2,1-2H3. The van der Waals surface area contributed by atoms with E-state index in [9.17, 15) is 0 Å². The predicted octanol–water partition coefficient (Wildman–Crippen LogP) is 2.46. The van der Waals surface area contributed by atoms with Crippen molar-refractivity contribution in [2.24, 2.45) is 0 Å². The van der Waals surface area contributed by atoms with Gasteiger partial charge in [0.2, 0.25) is 0 Å². The van der Waals surface area contributed by atoms with Gasteiger partial charge in [0.25, 0.3) is 0 Å². The summed E-state index contributed by atoms with van der Waals surface area (Å²) in [6, 6.07) is 10.1. The van der Waals surface area contributed by atoms with Gasteiger partial charge in [0.05, 0.1) is 11.6 Å². The third-order valence-corrected chi connectivity index (χ3v) is 2.91. The molecule has 2 aromatic rings. The number of aromatic nitrogens is 1. The van der Waals surface area contributed by atoms with Gasteiger partial charge in [-0.15, -0.1) is 0 Å². The molecule has 0 saturated carbocycles. The Kier molecular flexibility index (Phi) is 3.46. The smallest absolute Gasteiger partial charge is 0.0992 e. The first-order valence-corrected chi connectivity index (χ1v) is 5.84. The van der Waals surface area contributed by atoms with Gasteiger partial charge in [-0.3, -0.25) is 0 Å². The van der Waals surface area contributed by atoms with Crippen molar-refractivity contribution >= 4 is 10.9 Å². The van der Waals surface area contributed by atoms with Crippen LogP contribution in [0.2, 0.25) is 0 Å². The lowest BCUT2D eigenvalue weighted by molar-refractivity contribution is 0.388. The third kappa shape index (κ3) is 2.66. The second-order valence-electron chi connectivity index (χ2n) is 4.55. The summed E-state index contributed by atoms with van der Waals surface area (Å²) in [5.41, 5.74) is 1.88. The van der Waals surface area contributed by atoms with E-state index in [1.165, 1.54) is 5.39 Å². The fourth-order valence-corrected chi connectivity index (χ4v) is 2.01. The van der Waals surface area contributed by atoms with E-state index in [1.54, 1.807) is 0 Å². The fraction of sp³-hybridized carbons (Fsp3) is 0.357. The second-order valence-corrected chi connectivity index (χ2v) is 4.55. The number of nitrogens with zero attached hydrogens (tertiary/aromatic N) is 3. The van der Waals surface area contributed by atoms with E-state index in [1.807, 2.05) is 18.2 Å². The number of hydrogen-bond acceptors (Lipinski definition) is 2. The number of nitriles is 1. The van der Waals surface area contributed by atoms with Gasteiger partial charge in [0.15, 0.2) is 0 Å². The first kappa shape index (κ1) is 11.7. The molecule has 1 aromatic heterocycles. The Morgan fingerprint density at radius 1 is 1.29 bits per heavy atom. The molecule has 0 radical (unpaired) electrons. The van der Waals surface area contributed by atoms with Crippen LogP contribution in [0.4, 0.5) is 0 Å². The minimum Gasteiger partial charge on any atom is -0.347 e. The van der Waals surface area contributed by atoms with Gasteiger partial charge in [0, 0.05) is 18.3 Å². The van der Waals surface area contributed by atoms with E-state index in [0.29, 0.717) is 0 Å². The molecule has 17 heavy (non-hydrogen) atoms. The number of benzene rings is 1. The van der Waals surface area contributed by atoms with Crippen LogP contribution in [-0.4, -0.2) is 30.1 Å². The van der Waals surface area contributed by atoms with E-state index < -0.39 is 0 Å². The average molecular weight is 227 g/mol. The zero-order valence-corrected chi connectivity index (χ0v) is 10.3.